The Bertz CT molecular complexity index is 559. The number of hydrogen-bond acceptors (Lipinski definition) is 5. The molecule has 0 aliphatic rings. The number of aromatic amines is 1. The van der Waals surface area contributed by atoms with Gasteiger partial charge >= 0.3 is 0 Å². The Labute approximate surface area is 104 Å². The predicted octanol–water partition coefficient (Wildman–Crippen LogP) is 0.605. The van der Waals surface area contributed by atoms with Crippen LogP contribution in [-0.2, 0) is 0 Å². The van der Waals surface area contributed by atoms with E-state index in [1.54, 1.807) is 23.0 Å². The molecule has 0 fully saturated rings. The highest BCUT2D eigenvalue weighted by Crippen LogP contribution is 2.03. The van der Waals surface area contributed by atoms with Gasteiger partial charge in [0.15, 0.2) is 5.82 Å². The number of hydrazone groups is 1. The number of aromatic nitrogens is 4. The molecule has 0 aliphatic heterocycles. The topological polar surface area (TPSA) is 102 Å². The van der Waals surface area contributed by atoms with E-state index >= 15 is 0 Å². The first-order chi connectivity index (χ1) is 8.54. The maximum Gasteiger partial charge on any atom is 0.264 e. The lowest BCUT2D eigenvalue weighted by atomic mass is 10.5. The number of hydrogen-bond donors (Lipinski definition) is 2. The Morgan fingerprint density at radius 2 is 2.11 bits per heavy atom. The van der Waals surface area contributed by atoms with Crippen LogP contribution in [0.5, 0.6) is 0 Å². The van der Waals surface area contributed by atoms with Gasteiger partial charge in [-0.25, -0.2) is 10.1 Å². The maximum absolute atomic E-state index is 10.7. The minimum absolute atomic E-state index is 0.207. The van der Waals surface area contributed by atoms with E-state index in [4.69, 9.17) is 5.84 Å². The molecule has 7 heteroatoms. The van der Waals surface area contributed by atoms with Crippen molar-refractivity contribution < 1.29 is 0 Å². The Kier molecular flexibility index (Phi) is 4.79. The summed E-state index contributed by atoms with van der Waals surface area (Å²) < 4.78 is 1.79. The average Bonchev–Trinajstić information content (AvgIpc) is 2.77. The van der Waals surface area contributed by atoms with Gasteiger partial charge in [-0.05, 0) is 26.8 Å². The largest absolute Gasteiger partial charge is 0.323 e. The van der Waals surface area contributed by atoms with Crippen molar-refractivity contribution in [2.45, 2.75) is 20.8 Å². The minimum Gasteiger partial charge on any atom is -0.323 e. The summed E-state index contributed by atoms with van der Waals surface area (Å²) in [7, 11) is 0. The molecule has 0 saturated carbocycles. The average molecular weight is 248 g/mol. The fraction of sp³-hybridized carbons (Fsp3) is 0.273. The summed E-state index contributed by atoms with van der Waals surface area (Å²) in [4.78, 5) is 14.8. The first-order valence-corrected chi connectivity index (χ1v) is 5.31. The molecule has 18 heavy (non-hydrogen) atoms. The number of H-pyrrole nitrogens is 1. The molecule has 3 N–H and O–H groups in total. The number of nitrogens with zero attached hydrogens (tertiary/aromatic N) is 4. The van der Waals surface area contributed by atoms with Gasteiger partial charge in [0.25, 0.3) is 5.56 Å². The molecule has 0 radical (unpaired) electrons. The van der Waals surface area contributed by atoms with E-state index in [0.29, 0.717) is 5.82 Å². The van der Waals surface area contributed by atoms with Crippen LogP contribution >= 0.6 is 0 Å². The molecular formula is C11H16N6O. The van der Waals surface area contributed by atoms with E-state index in [-0.39, 0.29) is 5.56 Å². The van der Waals surface area contributed by atoms with Gasteiger partial charge in [0.05, 0.1) is 0 Å². The zero-order valence-corrected chi connectivity index (χ0v) is 10.6. The Balaban J connectivity index is 0.000000280. The third-order valence-corrected chi connectivity index (χ3v) is 2.00. The molecule has 0 atom stereocenters. The van der Waals surface area contributed by atoms with Crippen LogP contribution < -0.4 is 11.4 Å². The summed E-state index contributed by atoms with van der Waals surface area (Å²) in [5.41, 5.74) is 0.700. The SMILES string of the molecule is CC(C)=NN.Cc1nccn1-c1ccc(=O)[nH]n1. The Hall–Kier alpha value is -2.44. The molecule has 2 aromatic rings. The number of imidazole rings is 1. The van der Waals surface area contributed by atoms with Crippen molar-refractivity contribution in [3.05, 3.63) is 40.7 Å². The highest BCUT2D eigenvalue weighted by molar-refractivity contribution is 5.78. The second kappa shape index (κ2) is 6.33. The molecule has 2 rings (SSSR count). The lowest BCUT2D eigenvalue weighted by Gasteiger charge is -2.00. The standard InChI is InChI=1S/C8H8N4O.C3H8N2/c1-6-9-4-5-12(6)7-2-3-8(13)11-10-7;1-3(2)5-4/h2-5H,1H3,(H,11,13);4H2,1-2H3. The predicted molar refractivity (Wildman–Crippen MR) is 69.7 cm³/mol. The van der Waals surface area contributed by atoms with Crippen molar-refractivity contribution >= 4 is 5.71 Å². The molecule has 0 bridgehead atoms. The molecule has 2 heterocycles. The fourth-order valence-electron chi connectivity index (χ4n) is 1.09. The lowest BCUT2D eigenvalue weighted by Crippen LogP contribution is -2.09. The monoisotopic (exact) mass is 248 g/mol. The van der Waals surface area contributed by atoms with Gasteiger partial charge in [-0.3, -0.25) is 9.36 Å². The molecular weight excluding hydrogens is 232 g/mol. The summed E-state index contributed by atoms with van der Waals surface area (Å²) in [6.07, 6.45) is 3.47. The van der Waals surface area contributed by atoms with E-state index in [1.165, 1.54) is 6.07 Å². The van der Waals surface area contributed by atoms with E-state index in [0.717, 1.165) is 11.5 Å². The molecule has 0 saturated heterocycles. The second-order valence-corrected chi connectivity index (χ2v) is 3.70. The lowest BCUT2D eigenvalue weighted by molar-refractivity contribution is 0.866. The van der Waals surface area contributed by atoms with E-state index in [1.807, 2.05) is 20.8 Å². The number of nitrogens with two attached hydrogens (primary N) is 1. The van der Waals surface area contributed by atoms with E-state index < -0.39 is 0 Å². The molecule has 0 spiro atoms. The van der Waals surface area contributed by atoms with Crippen LogP contribution in [0, 0.1) is 6.92 Å². The first-order valence-electron chi connectivity index (χ1n) is 5.31. The smallest absolute Gasteiger partial charge is 0.264 e. The third kappa shape index (κ3) is 3.85. The van der Waals surface area contributed by atoms with Gasteiger partial charge in [-0.1, -0.05) is 0 Å². The van der Waals surface area contributed by atoms with Crippen LogP contribution in [0.3, 0.4) is 0 Å². The van der Waals surface area contributed by atoms with Crippen molar-refractivity contribution in [3.8, 4) is 5.82 Å². The third-order valence-electron chi connectivity index (χ3n) is 2.00. The quantitative estimate of drug-likeness (QED) is 0.438. The Morgan fingerprint density at radius 1 is 1.44 bits per heavy atom. The number of rotatable bonds is 1. The van der Waals surface area contributed by atoms with Gasteiger partial charge < -0.3 is 5.84 Å². The highest BCUT2D eigenvalue weighted by Gasteiger charge is 2.00. The van der Waals surface area contributed by atoms with Gasteiger partial charge in [0.1, 0.15) is 5.82 Å². The molecule has 0 aromatic carbocycles. The molecule has 7 nitrogen and oxygen atoms in total. The fourth-order valence-corrected chi connectivity index (χ4v) is 1.09. The van der Waals surface area contributed by atoms with Gasteiger partial charge in [0, 0.05) is 24.2 Å². The van der Waals surface area contributed by atoms with Gasteiger partial charge in [-0.15, -0.1) is 0 Å². The zero-order chi connectivity index (χ0) is 13.5. The first kappa shape index (κ1) is 13.6. The molecule has 96 valence electrons. The number of nitrogens with one attached hydrogen (secondary N) is 1. The van der Waals surface area contributed by atoms with Crippen LogP contribution in [0.2, 0.25) is 0 Å². The molecule has 0 amide bonds. The maximum atomic E-state index is 10.7. The van der Waals surface area contributed by atoms with Crippen LogP contribution in [0.1, 0.15) is 19.7 Å². The van der Waals surface area contributed by atoms with E-state index in [9.17, 15) is 4.79 Å². The van der Waals surface area contributed by atoms with Crippen LogP contribution in [-0.4, -0.2) is 25.5 Å². The van der Waals surface area contributed by atoms with Crippen LogP contribution in [0.25, 0.3) is 5.82 Å². The van der Waals surface area contributed by atoms with E-state index in [2.05, 4.69) is 20.3 Å². The zero-order valence-electron chi connectivity index (χ0n) is 10.6. The Morgan fingerprint density at radius 3 is 2.50 bits per heavy atom. The van der Waals surface area contributed by atoms with Gasteiger partial charge in [-0.2, -0.15) is 10.2 Å². The second-order valence-electron chi connectivity index (χ2n) is 3.70. The summed E-state index contributed by atoms with van der Waals surface area (Å²) >= 11 is 0. The van der Waals surface area contributed by atoms with Crippen LogP contribution in [0.15, 0.2) is 34.4 Å². The van der Waals surface area contributed by atoms with Crippen molar-refractivity contribution in [2.24, 2.45) is 10.9 Å². The normalized spacial score (nSPS) is 9.28. The minimum atomic E-state index is -0.207. The molecule has 0 unspecified atom stereocenters. The van der Waals surface area contributed by atoms with Crippen molar-refractivity contribution in [3.63, 3.8) is 0 Å². The summed E-state index contributed by atoms with van der Waals surface area (Å²) in [5.74, 6) is 6.25. The summed E-state index contributed by atoms with van der Waals surface area (Å²) in [5, 5.41) is 9.53. The summed E-state index contributed by atoms with van der Waals surface area (Å²) in [6.45, 7) is 5.56. The highest BCUT2D eigenvalue weighted by atomic mass is 16.1. The van der Waals surface area contributed by atoms with Gasteiger partial charge in [0.2, 0.25) is 0 Å². The van der Waals surface area contributed by atoms with Crippen LogP contribution in [0.4, 0.5) is 0 Å². The summed E-state index contributed by atoms with van der Waals surface area (Å²) in [6, 6.07) is 3.08. The number of aryl methyl sites for hydroxylation is 1. The molecule has 2 aromatic heterocycles. The molecule has 0 aliphatic carbocycles. The van der Waals surface area contributed by atoms with Crippen molar-refractivity contribution in [1.29, 1.82) is 0 Å². The van der Waals surface area contributed by atoms with Crippen molar-refractivity contribution in [2.75, 3.05) is 0 Å². The van der Waals surface area contributed by atoms with Crippen molar-refractivity contribution in [1.82, 2.24) is 19.7 Å².